The minimum atomic E-state index is -0.223. The smallest absolute Gasteiger partial charge is 0.0772 e. The average Bonchev–Trinajstić information content (AvgIpc) is 3.33. The predicted molar refractivity (Wildman–Crippen MR) is 87.9 cm³/mol. The van der Waals surface area contributed by atoms with E-state index in [1.165, 1.54) is 18.4 Å². The maximum atomic E-state index is 5.85. The van der Waals surface area contributed by atoms with Gasteiger partial charge in [-0.05, 0) is 45.1 Å². The first-order chi connectivity index (χ1) is 9.96. The Labute approximate surface area is 128 Å². The summed E-state index contributed by atoms with van der Waals surface area (Å²) in [6, 6.07) is 11.1. The van der Waals surface area contributed by atoms with E-state index in [-0.39, 0.29) is 11.1 Å². The van der Waals surface area contributed by atoms with Crippen molar-refractivity contribution in [3.05, 3.63) is 35.9 Å². The lowest BCUT2D eigenvalue weighted by Crippen LogP contribution is -2.65. The number of nitrogens with zero attached hydrogens (tertiary/aromatic N) is 1. The van der Waals surface area contributed by atoms with Crippen LogP contribution in [0.4, 0.5) is 0 Å². The van der Waals surface area contributed by atoms with E-state index in [4.69, 9.17) is 6.42 Å². The van der Waals surface area contributed by atoms with E-state index >= 15 is 0 Å². The second-order valence-corrected chi connectivity index (χ2v) is 7.33. The molecule has 2 heteroatoms. The molecule has 1 N–H and O–H groups in total. The molecule has 0 bridgehead atoms. The summed E-state index contributed by atoms with van der Waals surface area (Å²) < 4.78 is 0. The number of piperazine rings is 1. The number of benzene rings is 1. The Kier molecular flexibility index (Phi) is 3.59. The topological polar surface area (TPSA) is 15.3 Å². The predicted octanol–water partition coefficient (Wildman–Crippen LogP) is 3.21. The number of hydrogen-bond donors (Lipinski definition) is 1. The van der Waals surface area contributed by atoms with Gasteiger partial charge in [-0.2, -0.15) is 0 Å². The van der Waals surface area contributed by atoms with Crippen LogP contribution in [0.5, 0.6) is 0 Å². The zero-order valence-corrected chi connectivity index (χ0v) is 13.4. The first-order valence-electron chi connectivity index (χ1n) is 8.01. The Bertz CT molecular complexity index is 538. The average molecular weight is 282 g/mol. The summed E-state index contributed by atoms with van der Waals surface area (Å²) in [7, 11) is 0. The fraction of sp³-hybridized carbons (Fsp3) is 0.579. The molecule has 1 aromatic rings. The van der Waals surface area contributed by atoms with Gasteiger partial charge in [0.25, 0.3) is 0 Å². The van der Waals surface area contributed by atoms with E-state index in [2.05, 4.69) is 67.2 Å². The van der Waals surface area contributed by atoms with E-state index in [1.807, 2.05) is 0 Å². The molecule has 2 nitrogen and oxygen atoms in total. The van der Waals surface area contributed by atoms with Crippen LogP contribution in [0, 0.1) is 18.3 Å². The van der Waals surface area contributed by atoms with Crippen LogP contribution < -0.4 is 5.32 Å². The Hall–Kier alpha value is -1.30. The third-order valence-corrected chi connectivity index (χ3v) is 5.31. The monoisotopic (exact) mass is 282 g/mol. The quantitative estimate of drug-likeness (QED) is 0.856. The molecular weight excluding hydrogens is 256 g/mol. The molecule has 0 spiro atoms. The Morgan fingerprint density at radius 1 is 1.29 bits per heavy atom. The van der Waals surface area contributed by atoms with Crippen molar-refractivity contribution in [3.63, 3.8) is 0 Å². The van der Waals surface area contributed by atoms with Gasteiger partial charge in [-0.25, -0.2) is 0 Å². The van der Waals surface area contributed by atoms with Gasteiger partial charge in [0.05, 0.1) is 5.54 Å². The minimum absolute atomic E-state index is 0.208. The van der Waals surface area contributed by atoms with Gasteiger partial charge in [-0.1, -0.05) is 36.3 Å². The van der Waals surface area contributed by atoms with Gasteiger partial charge in [-0.15, -0.1) is 6.42 Å². The summed E-state index contributed by atoms with van der Waals surface area (Å²) in [5.74, 6) is 3.82. The Morgan fingerprint density at radius 2 is 1.95 bits per heavy atom. The summed E-state index contributed by atoms with van der Waals surface area (Å²) in [6.45, 7) is 8.70. The van der Waals surface area contributed by atoms with Gasteiger partial charge in [0, 0.05) is 24.7 Å². The third-order valence-electron chi connectivity index (χ3n) is 5.31. The summed E-state index contributed by atoms with van der Waals surface area (Å²) in [5, 5.41) is 3.82. The van der Waals surface area contributed by atoms with Crippen molar-refractivity contribution in [2.45, 2.75) is 50.7 Å². The van der Waals surface area contributed by atoms with Crippen LogP contribution in [0.1, 0.15) is 45.2 Å². The van der Waals surface area contributed by atoms with Crippen molar-refractivity contribution in [1.29, 1.82) is 0 Å². The molecule has 3 rings (SSSR count). The van der Waals surface area contributed by atoms with Crippen LogP contribution in [0.25, 0.3) is 0 Å². The van der Waals surface area contributed by atoms with E-state index in [0.29, 0.717) is 6.04 Å². The first kappa shape index (κ1) is 14.6. The first-order valence-corrected chi connectivity index (χ1v) is 8.01. The normalized spacial score (nSPS) is 30.9. The van der Waals surface area contributed by atoms with E-state index in [9.17, 15) is 0 Å². The molecule has 1 aliphatic heterocycles. The van der Waals surface area contributed by atoms with Crippen LogP contribution in [0.15, 0.2) is 30.3 Å². The second-order valence-electron chi connectivity index (χ2n) is 7.33. The van der Waals surface area contributed by atoms with Gasteiger partial charge in [0.15, 0.2) is 0 Å². The van der Waals surface area contributed by atoms with Crippen LogP contribution in [0.3, 0.4) is 0 Å². The van der Waals surface area contributed by atoms with Crippen molar-refractivity contribution in [2.24, 2.45) is 5.92 Å². The Morgan fingerprint density at radius 3 is 2.52 bits per heavy atom. The maximum Gasteiger partial charge on any atom is 0.0772 e. The molecule has 2 atom stereocenters. The van der Waals surface area contributed by atoms with Crippen molar-refractivity contribution in [1.82, 2.24) is 10.2 Å². The molecule has 112 valence electrons. The van der Waals surface area contributed by atoms with Crippen molar-refractivity contribution < 1.29 is 0 Å². The lowest BCUT2D eigenvalue weighted by molar-refractivity contribution is 0.0226. The summed E-state index contributed by atoms with van der Waals surface area (Å²) in [4.78, 5) is 2.52. The molecule has 1 saturated carbocycles. The number of hydrogen-bond acceptors (Lipinski definition) is 2. The van der Waals surface area contributed by atoms with Crippen LogP contribution in [0.2, 0.25) is 0 Å². The fourth-order valence-electron chi connectivity index (χ4n) is 3.60. The van der Waals surface area contributed by atoms with Crippen molar-refractivity contribution >= 4 is 0 Å². The van der Waals surface area contributed by atoms with Gasteiger partial charge >= 0.3 is 0 Å². The minimum Gasteiger partial charge on any atom is -0.308 e. The molecule has 21 heavy (non-hydrogen) atoms. The van der Waals surface area contributed by atoms with Crippen LogP contribution >= 0.6 is 0 Å². The maximum absolute atomic E-state index is 5.85. The van der Waals surface area contributed by atoms with E-state index in [0.717, 1.165) is 19.0 Å². The molecule has 0 aromatic heterocycles. The molecule has 1 heterocycles. The molecule has 1 aliphatic carbocycles. The standard InChI is InChI=1S/C19H26N2/c1-5-18(2,3)21-14-19(4,16-11-12-16)20-13-17(21)15-9-7-6-8-10-15/h1,6-10,16-17,20H,11-14H2,2-4H3. The third kappa shape index (κ3) is 2.73. The molecule has 0 amide bonds. The lowest BCUT2D eigenvalue weighted by Gasteiger charge is -2.51. The molecule has 2 aliphatic rings. The number of nitrogens with one attached hydrogen (secondary N) is 1. The summed E-state index contributed by atoms with van der Waals surface area (Å²) in [5.41, 5.74) is 1.34. The van der Waals surface area contributed by atoms with Crippen molar-refractivity contribution in [3.8, 4) is 12.3 Å². The van der Waals surface area contributed by atoms with Crippen molar-refractivity contribution in [2.75, 3.05) is 13.1 Å². The van der Waals surface area contributed by atoms with Gasteiger partial charge in [-0.3, -0.25) is 4.90 Å². The Balaban J connectivity index is 1.91. The van der Waals surface area contributed by atoms with Gasteiger partial charge < -0.3 is 5.32 Å². The highest BCUT2D eigenvalue weighted by atomic mass is 15.3. The van der Waals surface area contributed by atoms with Crippen LogP contribution in [-0.4, -0.2) is 29.1 Å². The zero-order valence-electron chi connectivity index (χ0n) is 13.4. The van der Waals surface area contributed by atoms with E-state index in [1.54, 1.807) is 0 Å². The molecule has 1 aromatic carbocycles. The second kappa shape index (κ2) is 5.16. The lowest BCUT2D eigenvalue weighted by atomic mass is 9.85. The SMILES string of the molecule is C#CC(C)(C)N1CC(C)(C2CC2)NCC1c1ccccc1. The molecular formula is C19H26N2. The highest BCUT2D eigenvalue weighted by molar-refractivity contribution is 5.24. The fourth-order valence-corrected chi connectivity index (χ4v) is 3.60. The molecule has 2 fully saturated rings. The zero-order chi connectivity index (χ0) is 15.1. The number of terminal acetylenes is 1. The molecule has 2 unspecified atom stereocenters. The highest BCUT2D eigenvalue weighted by Crippen LogP contribution is 2.44. The largest absolute Gasteiger partial charge is 0.308 e. The highest BCUT2D eigenvalue weighted by Gasteiger charge is 2.48. The number of rotatable bonds is 3. The van der Waals surface area contributed by atoms with Gasteiger partial charge in [0.2, 0.25) is 0 Å². The molecule has 0 radical (unpaired) electrons. The van der Waals surface area contributed by atoms with E-state index < -0.39 is 0 Å². The summed E-state index contributed by atoms with van der Waals surface area (Å²) >= 11 is 0. The van der Waals surface area contributed by atoms with Crippen LogP contribution in [-0.2, 0) is 0 Å². The van der Waals surface area contributed by atoms with Gasteiger partial charge in [0.1, 0.15) is 0 Å². The summed E-state index contributed by atoms with van der Waals surface area (Å²) in [6.07, 6.45) is 8.55. The molecule has 1 saturated heterocycles.